The van der Waals surface area contributed by atoms with Crippen LogP contribution in [0.25, 0.3) is 0 Å². The van der Waals surface area contributed by atoms with E-state index in [9.17, 15) is 71.5 Å². The van der Waals surface area contributed by atoms with Crippen LogP contribution in [0.2, 0.25) is 0 Å². The molecule has 0 aromatic heterocycles. The molecule has 6 bridgehead atoms. The second-order valence-electron chi connectivity index (χ2n) is 17.1. The summed E-state index contributed by atoms with van der Waals surface area (Å²) in [6.07, 6.45) is -44.4. The Labute approximate surface area is 361 Å². The van der Waals surface area contributed by atoms with Crippen LogP contribution in [0.5, 0.6) is 0 Å². The van der Waals surface area contributed by atoms with Crippen molar-refractivity contribution < 1.29 is 138 Å². The lowest BCUT2D eigenvalue weighted by Gasteiger charge is -2.48. The Morgan fingerprint density at radius 1 is 0.312 bits per heavy atom. The van der Waals surface area contributed by atoms with Gasteiger partial charge in [-0.05, 0) is 0 Å². The van der Waals surface area contributed by atoms with Crippen LogP contribution < -0.4 is 0 Å². The lowest BCUT2D eigenvalue weighted by Crippen LogP contribution is -2.66. The van der Waals surface area contributed by atoms with Gasteiger partial charge in [0.05, 0.1) is 39.6 Å². The molecule has 64 heavy (non-hydrogen) atoms. The SMILES string of the molecule is OC[C@H]1O[C@@H](O)[C@H](O)[C@@H](O[C@@H]2O[C@H]3CO[C@@H]([C@H]2O)[C@@H]3O[C@@H]2O[C@H](CO)[C@H](O)[C@H](O[C@@H]3O[C@H]4CO[C@@H]([C@H]3O)[C@@H]4O[C@@H]3O[C@H](CO)[C@H](O)[C@H](O[C@@H]4O[C@H]5CO[C@@H]([C@H]4O)[C@@H]5O)[C@H]3O)[C@H]2O)[C@H]1O. The first-order valence-electron chi connectivity index (χ1n) is 21.0. The van der Waals surface area contributed by atoms with Crippen molar-refractivity contribution in [3.8, 4) is 0 Å². The van der Waals surface area contributed by atoms with Crippen LogP contribution in [-0.4, -0.2) is 295 Å². The second-order valence-corrected chi connectivity index (χ2v) is 17.1. The third kappa shape index (κ3) is 8.54. The number of aliphatic hydroxyl groups is 14. The molecule has 0 saturated carbocycles. The minimum Gasteiger partial charge on any atom is -0.394 e. The quantitative estimate of drug-likeness (QED) is 0.0815. The van der Waals surface area contributed by atoms with Gasteiger partial charge in [0.15, 0.2) is 37.7 Å². The first-order valence-corrected chi connectivity index (χ1v) is 21.0. The van der Waals surface area contributed by atoms with Crippen LogP contribution in [-0.2, 0) is 66.3 Å². The molecule has 30 atom stereocenters. The van der Waals surface area contributed by atoms with Gasteiger partial charge >= 0.3 is 0 Å². The Morgan fingerprint density at radius 3 is 1.08 bits per heavy atom. The van der Waals surface area contributed by atoms with E-state index in [1.807, 2.05) is 0 Å². The van der Waals surface area contributed by atoms with E-state index in [0.29, 0.717) is 0 Å². The maximum atomic E-state index is 11.5. The van der Waals surface area contributed by atoms with Gasteiger partial charge in [-0.25, -0.2) is 0 Å². The van der Waals surface area contributed by atoms with Gasteiger partial charge in [0.2, 0.25) is 0 Å². The zero-order valence-electron chi connectivity index (χ0n) is 33.5. The predicted octanol–water partition coefficient (Wildman–Crippen LogP) is -11.0. The smallest absolute Gasteiger partial charge is 0.187 e. The van der Waals surface area contributed by atoms with E-state index >= 15 is 0 Å². The molecule has 9 aliphatic heterocycles. The summed E-state index contributed by atoms with van der Waals surface area (Å²) < 4.78 is 80.0. The highest BCUT2D eigenvalue weighted by molar-refractivity contribution is 5.03. The van der Waals surface area contributed by atoms with Crippen LogP contribution in [0.3, 0.4) is 0 Å². The Balaban J connectivity index is 0.831. The molecule has 0 aromatic rings. The van der Waals surface area contributed by atoms with Gasteiger partial charge in [-0.15, -0.1) is 0 Å². The summed E-state index contributed by atoms with van der Waals surface area (Å²) in [6, 6.07) is 0. The van der Waals surface area contributed by atoms with Crippen molar-refractivity contribution in [1.82, 2.24) is 0 Å². The predicted molar refractivity (Wildman–Crippen MR) is 189 cm³/mol. The minimum atomic E-state index is -1.88. The second kappa shape index (κ2) is 19.3. The van der Waals surface area contributed by atoms with Crippen molar-refractivity contribution in [2.45, 2.75) is 184 Å². The molecule has 0 amide bonds. The van der Waals surface area contributed by atoms with Gasteiger partial charge in [-0.3, -0.25) is 0 Å². The highest BCUT2D eigenvalue weighted by Crippen LogP contribution is 2.41. The normalized spacial score (nSPS) is 57.3. The van der Waals surface area contributed by atoms with Crippen molar-refractivity contribution in [3.05, 3.63) is 0 Å². The van der Waals surface area contributed by atoms with Crippen LogP contribution in [0.1, 0.15) is 0 Å². The van der Waals surface area contributed by atoms with Crippen LogP contribution in [0.4, 0.5) is 0 Å². The number of rotatable bonds is 13. The summed E-state index contributed by atoms with van der Waals surface area (Å²) in [5, 5.41) is 149. The van der Waals surface area contributed by atoms with Gasteiger partial charge < -0.3 is 138 Å². The fourth-order valence-electron chi connectivity index (χ4n) is 9.61. The van der Waals surface area contributed by atoms with Crippen molar-refractivity contribution in [2.75, 3.05) is 39.6 Å². The monoisotopic (exact) mass is 936 g/mol. The average Bonchev–Trinajstić information content (AvgIpc) is 3.87. The third-order valence-electron chi connectivity index (χ3n) is 13.2. The molecule has 9 rings (SSSR count). The molecule has 9 heterocycles. The fraction of sp³-hybridized carbons (Fsp3) is 1.00. The molecule has 368 valence electrons. The van der Waals surface area contributed by atoms with Gasteiger partial charge in [0.25, 0.3) is 0 Å². The summed E-state index contributed by atoms with van der Waals surface area (Å²) >= 11 is 0. The largest absolute Gasteiger partial charge is 0.394 e. The van der Waals surface area contributed by atoms with Crippen molar-refractivity contribution in [1.29, 1.82) is 0 Å². The first kappa shape index (κ1) is 47.9. The van der Waals surface area contributed by atoms with E-state index in [0.717, 1.165) is 0 Å². The molecular weight excluding hydrogens is 880 g/mol. The molecule has 0 aliphatic carbocycles. The number of aliphatic hydroxyl groups excluding tert-OH is 14. The van der Waals surface area contributed by atoms with E-state index in [-0.39, 0.29) is 19.8 Å². The molecule has 0 aromatic carbocycles. The van der Waals surface area contributed by atoms with E-state index < -0.39 is 204 Å². The Bertz CT molecular complexity index is 1560. The summed E-state index contributed by atoms with van der Waals surface area (Å²) in [5.41, 5.74) is 0. The summed E-state index contributed by atoms with van der Waals surface area (Å²) in [7, 11) is 0. The summed E-state index contributed by atoms with van der Waals surface area (Å²) in [6.45, 7) is -2.74. The maximum Gasteiger partial charge on any atom is 0.187 e. The zero-order valence-corrected chi connectivity index (χ0v) is 33.5. The van der Waals surface area contributed by atoms with E-state index in [4.69, 9.17) is 66.3 Å². The van der Waals surface area contributed by atoms with E-state index in [1.54, 1.807) is 0 Å². The summed E-state index contributed by atoms with van der Waals surface area (Å²) in [4.78, 5) is 0. The van der Waals surface area contributed by atoms with Gasteiger partial charge in [0.1, 0.15) is 146 Å². The number of hydrogen-bond acceptors (Lipinski definition) is 28. The molecule has 9 saturated heterocycles. The van der Waals surface area contributed by atoms with E-state index in [2.05, 4.69) is 0 Å². The molecule has 28 heteroatoms. The van der Waals surface area contributed by atoms with Gasteiger partial charge in [0, 0.05) is 0 Å². The maximum absolute atomic E-state index is 11.5. The number of hydrogen-bond donors (Lipinski definition) is 14. The standard InChI is InChI=1S/C36H56O28/c37-1-7-13(40)26(17(44)31(50)54-7)62-35-21(48)29-23(11(58-35)5-52-29)60-34-20(47)28(15(42)9(3-39)56-34)64-36-22(49)30-24(12(59-36)6-53-30)61-33-19(46)27(14(41)8(2-38)55-33)63-32-18(45)25-16(43)10(57-32)4-51-25/h7-50H,1-6H2/t7-,8-,9-,10+,11+,12+,13+,14+,15+,16-,17-,18-,19-,20-,21-,22-,23-,24-,25-,26+,27+,28+,29+,30+,31-,32+,33+,34+,35+,36+/m1/s1. The average molecular weight is 937 g/mol. The van der Waals surface area contributed by atoms with Crippen molar-refractivity contribution in [2.24, 2.45) is 0 Å². The molecule has 9 fully saturated rings. The Hall–Kier alpha value is -1.12. The molecule has 9 aliphatic rings. The van der Waals surface area contributed by atoms with Gasteiger partial charge in [-0.2, -0.15) is 0 Å². The first-order chi connectivity index (χ1) is 30.6. The Kier molecular flexibility index (Phi) is 14.5. The van der Waals surface area contributed by atoms with Crippen molar-refractivity contribution in [3.63, 3.8) is 0 Å². The molecule has 0 unspecified atom stereocenters. The fourth-order valence-corrected chi connectivity index (χ4v) is 9.61. The lowest BCUT2D eigenvalue weighted by atomic mass is 9.96. The molecular formula is C36H56O28. The van der Waals surface area contributed by atoms with Crippen LogP contribution >= 0.6 is 0 Å². The van der Waals surface area contributed by atoms with E-state index in [1.165, 1.54) is 0 Å². The Morgan fingerprint density at radius 2 is 0.641 bits per heavy atom. The highest BCUT2D eigenvalue weighted by Gasteiger charge is 2.61. The molecule has 14 N–H and O–H groups in total. The van der Waals surface area contributed by atoms with Crippen LogP contribution in [0, 0.1) is 0 Å². The van der Waals surface area contributed by atoms with Gasteiger partial charge in [-0.1, -0.05) is 0 Å². The number of ether oxygens (including phenoxy) is 14. The number of fused-ring (bicyclic) bond motifs is 6. The lowest BCUT2D eigenvalue weighted by molar-refractivity contribution is -0.380. The zero-order chi connectivity index (χ0) is 45.5. The van der Waals surface area contributed by atoms with Crippen molar-refractivity contribution >= 4 is 0 Å². The van der Waals surface area contributed by atoms with Crippen LogP contribution in [0.15, 0.2) is 0 Å². The molecule has 28 nitrogen and oxygen atoms in total. The topological polar surface area (TPSA) is 412 Å². The minimum absolute atomic E-state index is 0.0399. The molecule has 0 spiro atoms. The highest BCUT2D eigenvalue weighted by atomic mass is 16.8. The molecule has 0 radical (unpaired) electrons. The third-order valence-corrected chi connectivity index (χ3v) is 13.2. The summed E-state index contributed by atoms with van der Waals surface area (Å²) in [5.74, 6) is 0.